The molecule has 1 aromatic carbocycles. The Balaban J connectivity index is 0.00000392. The predicted molar refractivity (Wildman–Crippen MR) is 125 cm³/mol. The first kappa shape index (κ1) is 24.8. The number of halogens is 1. The molecule has 2 N–H and O–H groups in total. The fourth-order valence-electron chi connectivity index (χ4n) is 3.37. The summed E-state index contributed by atoms with van der Waals surface area (Å²) in [5.41, 5.74) is 1.11. The van der Waals surface area contributed by atoms with Crippen LogP contribution in [0.25, 0.3) is 0 Å². The Kier molecular flexibility index (Phi) is 13.1. The van der Waals surface area contributed by atoms with Crippen LogP contribution >= 0.6 is 24.0 Å². The zero-order valence-electron chi connectivity index (χ0n) is 17.5. The van der Waals surface area contributed by atoms with Gasteiger partial charge in [0.1, 0.15) is 11.5 Å². The molecule has 0 bridgehead atoms. The molecule has 0 saturated heterocycles. The third-order valence-corrected chi connectivity index (χ3v) is 4.92. The SMILES string of the molecule is CN=C(NCCCOC1CCCCC1)NCCc1cc(OC)ccc1OC.I. The van der Waals surface area contributed by atoms with Gasteiger partial charge in [-0.3, -0.25) is 4.99 Å². The monoisotopic (exact) mass is 505 g/mol. The standard InChI is InChI=1S/C21H35N3O3.HI/c1-22-21(23-13-7-15-27-18-8-5-4-6-9-18)24-14-12-17-16-19(25-2)10-11-20(17)26-3;/h10-11,16,18H,4-9,12-15H2,1-3H3,(H2,22,23,24);1H. The van der Waals surface area contributed by atoms with Crippen LogP contribution in [-0.2, 0) is 11.2 Å². The van der Waals surface area contributed by atoms with Crippen LogP contribution in [0.1, 0.15) is 44.1 Å². The molecule has 0 unspecified atom stereocenters. The van der Waals surface area contributed by atoms with Crippen molar-refractivity contribution in [3.8, 4) is 11.5 Å². The van der Waals surface area contributed by atoms with Crippen molar-refractivity contribution in [1.29, 1.82) is 0 Å². The molecule has 28 heavy (non-hydrogen) atoms. The quantitative estimate of drug-likeness (QED) is 0.220. The molecule has 160 valence electrons. The van der Waals surface area contributed by atoms with Crippen molar-refractivity contribution in [3.63, 3.8) is 0 Å². The number of guanidine groups is 1. The average Bonchev–Trinajstić information content (AvgIpc) is 2.72. The minimum atomic E-state index is 0. The van der Waals surface area contributed by atoms with Gasteiger partial charge in [-0.05, 0) is 49.4 Å². The molecule has 0 amide bonds. The molecule has 0 aliphatic heterocycles. The number of ether oxygens (including phenoxy) is 3. The molecule has 1 aliphatic carbocycles. The number of methoxy groups -OCH3 is 2. The van der Waals surface area contributed by atoms with Gasteiger partial charge in [-0.25, -0.2) is 0 Å². The maximum Gasteiger partial charge on any atom is 0.190 e. The first-order chi connectivity index (χ1) is 13.3. The lowest BCUT2D eigenvalue weighted by Crippen LogP contribution is -2.39. The van der Waals surface area contributed by atoms with E-state index in [4.69, 9.17) is 14.2 Å². The molecule has 1 aromatic rings. The molecule has 2 rings (SSSR count). The summed E-state index contributed by atoms with van der Waals surface area (Å²) in [6, 6.07) is 5.86. The van der Waals surface area contributed by atoms with E-state index in [1.165, 1.54) is 32.1 Å². The van der Waals surface area contributed by atoms with Crippen molar-refractivity contribution in [1.82, 2.24) is 10.6 Å². The van der Waals surface area contributed by atoms with Crippen LogP contribution in [0.4, 0.5) is 0 Å². The Hall–Kier alpha value is -1.22. The first-order valence-corrected chi connectivity index (χ1v) is 10.0. The molecular formula is C21H36IN3O3. The maximum atomic E-state index is 5.96. The van der Waals surface area contributed by atoms with Gasteiger partial charge < -0.3 is 24.8 Å². The van der Waals surface area contributed by atoms with Gasteiger partial charge in [-0.15, -0.1) is 24.0 Å². The van der Waals surface area contributed by atoms with E-state index < -0.39 is 0 Å². The Morgan fingerprint density at radius 1 is 1.07 bits per heavy atom. The number of benzene rings is 1. The van der Waals surface area contributed by atoms with E-state index in [2.05, 4.69) is 15.6 Å². The lowest BCUT2D eigenvalue weighted by Gasteiger charge is -2.22. The number of nitrogens with zero attached hydrogens (tertiary/aromatic N) is 1. The van der Waals surface area contributed by atoms with Crippen LogP contribution in [0.15, 0.2) is 23.2 Å². The van der Waals surface area contributed by atoms with Gasteiger partial charge in [0.25, 0.3) is 0 Å². The van der Waals surface area contributed by atoms with Gasteiger partial charge in [0.15, 0.2) is 5.96 Å². The molecule has 0 heterocycles. The Labute approximate surface area is 186 Å². The zero-order valence-corrected chi connectivity index (χ0v) is 19.8. The summed E-state index contributed by atoms with van der Waals surface area (Å²) in [5, 5.41) is 6.70. The predicted octanol–water partition coefficient (Wildman–Crippen LogP) is 3.77. The molecule has 0 radical (unpaired) electrons. The summed E-state index contributed by atoms with van der Waals surface area (Å²) in [7, 11) is 5.15. The van der Waals surface area contributed by atoms with Gasteiger partial charge >= 0.3 is 0 Å². The highest BCUT2D eigenvalue weighted by Gasteiger charge is 2.13. The third kappa shape index (κ3) is 8.86. The zero-order chi connectivity index (χ0) is 19.3. The summed E-state index contributed by atoms with van der Waals surface area (Å²) in [4.78, 5) is 4.28. The maximum absolute atomic E-state index is 5.96. The van der Waals surface area contributed by atoms with Gasteiger partial charge in [-0.1, -0.05) is 19.3 Å². The van der Waals surface area contributed by atoms with Crippen LogP contribution in [0.5, 0.6) is 11.5 Å². The normalized spacial score (nSPS) is 14.9. The molecule has 1 aliphatic rings. The van der Waals surface area contributed by atoms with Gasteiger partial charge in [-0.2, -0.15) is 0 Å². The smallest absolute Gasteiger partial charge is 0.190 e. The highest BCUT2D eigenvalue weighted by Crippen LogP contribution is 2.24. The van der Waals surface area contributed by atoms with Crippen LogP contribution < -0.4 is 20.1 Å². The molecule has 1 fully saturated rings. The number of nitrogens with one attached hydrogen (secondary N) is 2. The number of aliphatic imine (C=N–C) groups is 1. The van der Waals surface area contributed by atoms with Crippen LogP contribution in [0.2, 0.25) is 0 Å². The molecule has 0 atom stereocenters. The lowest BCUT2D eigenvalue weighted by molar-refractivity contribution is 0.0277. The Morgan fingerprint density at radius 3 is 2.50 bits per heavy atom. The van der Waals surface area contributed by atoms with Crippen molar-refractivity contribution in [2.45, 2.75) is 51.0 Å². The molecule has 0 spiro atoms. The first-order valence-electron chi connectivity index (χ1n) is 10.0. The van der Waals surface area contributed by atoms with E-state index in [1.54, 1.807) is 21.3 Å². The fraction of sp³-hybridized carbons (Fsp3) is 0.667. The van der Waals surface area contributed by atoms with Crippen LogP contribution in [0, 0.1) is 0 Å². The van der Waals surface area contributed by atoms with Crippen molar-refractivity contribution >= 4 is 29.9 Å². The summed E-state index contributed by atoms with van der Waals surface area (Å²) in [5.74, 6) is 2.53. The van der Waals surface area contributed by atoms with Crippen LogP contribution in [-0.4, -0.2) is 53.0 Å². The van der Waals surface area contributed by atoms with E-state index >= 15 is 0 Å². The van der Waals surface area contributed by atoms with Crippen molar-refractivity contribution < 1.29 is 14.2 Å². The largest absolute Gasteiger partial charge is 0.497 e. The van der Waals surface area contributed by atoms with E-state index in [0.717, 1.165) is 55.6 Å². The van der Waals surface area contributed by atoms with E-state index in [-0.39, 0.29) is 24.0 Å². The molecule has 7 heteroatoms. The second-order valence-electron chi connectivity index (χ2n) is 6.84. The van der Waals surface area contributed by atoms with E-state index in [1.807, 2.05) is 18.2 Å². The fourth-order valence-corrected chi connectivity index (χ4v) is 3.37. The number of hydrogen-bond donors (Lipinski definition) is 2. The van der Waals surface area contributed by atoms with Gasteiger partial charge in [0.2, 0.25) is 0 Å². The third-order valence-electron chi connectivity index (χ3n) is 4.92. The summed E-state index contributed by atoms with van der Waals surface area (Å²) in [6.45, 7) is 2.44. The van der Waals surface area contributed by atoms with Gasteiger partial charge in [0.05, 0.1) is 20.3 Å². The summed E-state index contributed by atoms with van der Waals surface area (Å²) >= 11 is 0. The number of rotatable bonds is 10. The Bertz CT molecular complexity index is 578. The lowest BCUT2D eigenvalue weighted by atomic mass is 9.98. The Morgan fingerprint density at radius 2 is 1.82 bits per heavy atom. The average molecular weight is 505 g/mol. The van der Waals surface area contributed by atoms with E-state index in [0.29, 0.717) is 6.10 Å². The molecule has 6 nitrogen and oxygen atoms in total. The van der Waals surface area contributed by atoms with Crippen molar-refractivity contribution in [2.75, 3.05) is 41.0 Å². The van der Waals surface area contributed by atoms with Crippen molar-refractivity contribution in [3.05, 3.63) is 23.8 Å². The topological polar surface area (TPSA) is 64.1 Å². The molecule has 0 aromatic heterocycles. The molecule has 1 saturated carbocycles. The highest BCUT2D eigenvalue weighted by atomic mass is 127. The minimum Gasteiger partial charge on any atom is -0.497 e. The summed E-state index contributed by atoms with van der Waals surface area (Å²) in [6.07, 6.45) is 8.75. The highest BCUT2D eigenvalue weighted by molar-refractivity contribution is 14.0. The second kappa shape index (κ2) is 14.7. The summed E-state index contributed by atoms with van der Waals surface area (Å²) < 4.78 is 16.7. The second-order valence-corrected chi connectivity index (χ2v) is 6.84. The number of hydrogen-bond acceptors (Lipinski definition) is 4. The molecular weight excluding hydrogens is 469 g/mol. The van der Waals surface area contributed by atoms with Crippen LogP contribution in [0.3, 0.4) is 0 Å². The van der Waals surface area contributed by atoms with Crippen molar-refractivity contribution in [2.24, 2.45) is 4.99 Å². The van der Waals surface area contributed by atoms with E-state index in [9.17, 15) is 0 Å². The van der Waals surface area contributed by atoms with Gasteiger partial charge in [0, 0.05) is 26.7 Å². The minimum absolute atomic E-state index is 0.